The fourth-order valence-electron chi connectivity index (χ4n) is 3.58. The van der Waals surface area contributed by atoms with Crippen LogP contribution in [0.25, 0.3) is 11.1 Å². The van der Waals surface area contributed by atoms with Crippen molar-refractivity contribution in [3.8, 4) is 23.1 Å². The van der Waals surface area contributed by atoms with Crippen molar-refractivity contribution in [3.63, 3.8) is 0 Å². The number of nitriles is 1. The largest absolute Gasteiger partial charge is 0.481 e. The van der Waals surface area contributed by atoms with Crippen LogP contribution in [0, 0.1) is 23.2 Å². The minimum atomic E-state index is -0.854. The van der Waals surface area contributed by atoms with Gasteiger partial charge in [0, 0.05) is 23.7 Å². The summed E-state index contributed by atoms with van der Waals surface area (Å²) in [5, 5.41) is 24.7. The average Bonchev–Trinajstić information content (AvgIpc) is 3.48. The summed E-state index contributed by atoms with van der Waals surface area (Å²) in [5.41, 5.74) is 1.53. The van der Waals surface area contributed by atoms with Crippen LogP contribution >= 0.6 is 0 Å². The van der Waals surface area contributed by atoms with Gasteiger partial charge in [-0.2, -0.15) is 5.26 Å². The predicted octanol–water partition coefficient (Wildman–Crippen LogP) is 4.41. The van der Waals surface area contributed by atoms with Crippen molar-refractivity contribution in [1.82, 2.24) is 10.1 Å². The number of anilines is 1. The maximum Gasteiger partial charge on any atom is 0.414 e. The van der Waals surface area contributed by atoms with Gasteiger partial charge in [-0.3, -0.25) is 10.1 Å². The lowest BCUT2D eigenvalue weighted by Gasteiger charge is -2.13. The monoisotopic (exact) mass is 462 g/mol. The Labute approximate surface area is 195 Å². The van der Waals surface area contributed by atoms with Crippen molar-refractivity contribution in [2.75, 3.05) is 5.32 Å². The third-order valence-corrected chi connectivity index (χ3v) is 5.67. The Morgan fingerprint density at radius 3 is 2.65 bits per heavy atom. The fraction of sp³-hybridized carbons (Fsp3) is 0.292. The smallest absolute Gasteiger partial charge is 0.414 e. The molecule has 2 aromatic heterocycles. The van der Waals surface area contributed by atoms with Crippen LogP contribution in [-0.2, 0) is 9.53 Å². The molecule has 1 fully saturated rings. The number of aromatic nitrogens is 2. The SMILES string of the molecule is CC(OC(=O)Nc1onc(C#N)c1-c1ccc(OC2CC2C(C)C(=O)O)nc1)c1ccccc1. The van der Waals surface area contributed by atoms with Gasteiger partial charge in [0.1, 0.15) is 18.3 Å². The van der Waals surface area contributed by atoms with Gasteiger partial charge in [0.25, 0.3) is 0 Å². The zero-order chi connectivity index (χ0) is 24.2. The molecule has 3 aromatic rings. The van der Waals surface area contributed by atoms with E-state index in [0.29, 0.717) is 17.9 Å². The highest BCUT2D eigenvalue weighted by Crippen LogP contribution is 2.41. The number of aliphatic carboxylic acids is 1. The van der Waals surface area contributed by atoms with Gasteiger partial charge in [0.15, 0.2) is 5.69 Å². The van der Waals surface area contributed by atoms with E-state index in [0.717, 1.165) is 5.56 Å². The third-order valence-electron chi connectivity index (χ3n) is 5.67. The van der Waals surface area contributed by atoms with E-state index in [4.69, 9.17) is 19.1 Å². The van der Waals surface area contributed by atoms with Crippen LogP contribution in [0.3, 0.4) is 0 Å². The molecule has 0 bridgehead atoms. The molecule has 4 rings (SSSR count). The molecule has 1 aliphatic rings. The first-order chi connectivity index (χ1) is 16.4. The molecule has 174 valence electrons. The Hall–Kier alpha value is -4.39. The highest BCUT2D eigenvalue weighted by Gasteiger charge is 2.46. The summed E-state index contributed by atoms with van der Waals surface area (Å²) in [6, 6.07) is 14.4. The number of rotatable bonds is 8. The average molecular weight is 462 g/mol. The van der Waals surface area contributed by atoms with Crippen LogP contribution in [0.15, 0.2) is 53.2 Å². The number of ether oxygens (including phenoxy) is 2. The van der Waals surface area contributed by atoms with Crippen molar-refractivity contribution in [2.45, 2.75) is 32.5 Å². The van der Waals surface area contributed by atoms with Gasteiger partial charge < -0.3 is 19.1 Å². The molecule has 0 saturated heterocycles. The predicted molar refractivity (Wildman–Crippen MR) is 119 cm³/mol. The van der Waals surface area contributed by atoms with Crippen LogP contribution in [0.4, 0.5) is 10.7 Å². The molecule has 1 saturated carbocycles. The topological polar surface area (TPSA) is 148 Å². The number of nitrogens with zero attached hydrogens (tertiary/aromatic N) is 3. The van der Waals surface area contributed by atoms with Crippen LogP contribution in [0.5, 0.6) is 5.88 Å². The third kappa shape index (κ3) is 4.99. The maximum atomic E-state index is 12.4. The molecule has 34 heavy (non-hydrogen) atoms. The molecule has 1 amide bonds. The Morgan fingerprint density at radius 1 is 1.24 bits per heavy atom. The first-order valence-electron chi connectivity index (χ1n) is 10.7. The zero-order valence-corrected chi connectivity index (χ0v) is 18.5. The summed E-state index contributed by atoms with van der Waals surface area (Å²) in [5.74, 6) is -1.11. The number of benzene rings is 1. The number of pyridine rings is 1. The summed E-state index contributed by atoms with van der Waals surface area (Å²) >= 11 is 0. The van der Waals surface area contributed by atoms with E-state index in [1.54, 1.807) is 26.0 Å². The Kier molecular flexibility index (Phi) is 6.45. The van der Waals surface area contributed by atoms with Crippen molar-refractivity contribution in [1.29, 1.82) is 5.26 Å². The molecule has 10 heteroatoms. The van der Waals surface area contributed by atoms with Gasteiger partial charge in [0.2, 0.25) is 11.8 Å². The van der Waals surface area contributed by atoms with E-state index >= 15 is 0 Å². The lowest BCUT2D eigenvalue weighted by molar-refractivity contribution is -0.142. The van der Waals surface area contributed by atoms with Gasteiger partial charge in [0.05, 0.1) is 11.5 Å². The standard InChI is InChI=1S/C24H22N4O6/c1-13(23(29)30)17-10-19(17)33-20-9-8-16(12-26-20)21-18(11-25)28-34-22(21)27-24(31)32-14(2)15-6-4-3-5-7-15/h3-9,12-14,17,19H,10H2,1-2H3,(H,27,31)(H,29,30). The molecular weight excluding hydrogens is 440 g/mol. The van der Waals surface area contributed by atoms with Crippen molar-refractivity contribution in [2.24, 2.45) is 11.8 Å². The summed E-state index contributed by atoms with van der Waals surface area (Å²) in [7, 11) is 0. The summed E-state index contributed by atoms with van der Waals surface area (Å²) in [6.45, 7) is 3.39. The highest BCUT2D eigenvalue weighted by molar-refractivity contribution is 5.90. The van der Waals surface area contributed by atoms with E-state index in [1.807, 2.05) is 36.4 Å². The second kappa shape index (κ2) is 9.62. The van der Waals surface area contributed by atoms with Gasteiger partial charge in [-0.15, -0.1) is 0 Å². The number of carboxylic acids is 1. The molecule has 2 heterocycles. The van der Waals surface area contributed by atoms with E-state index < -0.39 is 24.1 Å². The van der Waals surface area contributed by atoms with Crippen molar-refractivity contribution in [3.05, 3.63) is 59.9 Å². The van der Waals surface area contributed by atoms with Gasteiger partial charge in [-0.05, 0) is 25.0 Å². The minimum Gasteiger partial charge on any atom is -0.481 e. The van der Waals surface area contributed by atoms with E-state index in [1.165, 1.54) is 6.20 Å². The number of carbonyl (C=O) groups is 2. The van der Waals surface area contributed by atoms with Gasteiger partial charge in [-0.25, -0.2) is 9.78 Å². The number of hydrogen-bond donors (Lipinski definition) is 2. The van der Waals surface area contributed by atoms with Crippen molar-refractivity contribution >= 4 is 17.9 Å². The Bertz CT molecular complexity index is 1220. The molecule has 10 nitrogen and oxygen atoms in total. The zero-order valence-electron chi connectivity index (χ0n) is 18.5. The van der Waals surface area contributed by atoms with Gasteiger partial charge >= 0.3 is 12.1 Å². The van der Waals surface area contributed by atoms with E-state index in [2.05, 4.69) is 15.5 Å². The normalized spacial score (nSPS) is 18.3. The Balaban J connectivity index is 1.44. The van der Waals surface area contributed by atoms with Crippen LogP contribution in [0.1, 0.15) is 37.6 Å². The number of amides is 1. The van der Waals surface area contributed by atoms with E-state index in [-0.39, 0.29) is 29.2 Å². The fourth-order valence-corrected chi connectivity index (χ4v) is 3.58. The first kappa shape index (κ1) is 22.8. The minimum absolute atomic E-state index is 0.0283. The number of hydrogen-bond acceptors (Lipinski definition) is 8. The number of nitrogens with one attached hydrogen (secondary N) is 1. The maximum absolute atomic E-state index is 12.4. The number of carboxylic acid groups (broad SMARTS) is 1. The van der Waals surface area contributed by atoms with E-state index in [9.17, 15) is 14.9 Å². The lowest BCUT2D eigenvalue weighted by atomic mass is 10.1. The molecule has 0 radical (unpaired) electrons. The van der Waals surface area contributed by atoms with Crippen molar-refractivity contribution < 1.29 is 28.7 Å². The summed E-state index contributed by atoms with van der Waals surface area (Å²) in [6.07, 6.45) is 0.644. The van der Waals surface area contributed by atoms with Crippen LogP contribution in [0.2, 0.25) is 0 Å². The quantitative estimate of drug-likeness (QED) is 0.497. The Morgan fingerprint density at radius 2 is 2.00 bits per heavy atom. The highest BCUT2D eigenvalue weighted by atomic mass is 16.6. The molecule has 0 aliphatic heterocycles. The number of carbonyl (C=O) groups excluding carboxylic acids is 1. The molecule has 4 unspecified atom stereocenters. The lowest BCUT2D eigenvalue weighted by Crippen LogP contribution is -2.16. The summed E-state index contributed by atoms with van der Waals surface area (Å²) < 4.78 is 16.3. The first-order valence-corrected chi connectivity index (χ1v) is 10.7. The molecule has 1 aromatic carbocycles. The molecule has 0 spiro atoms. The molecular formula is C24H22N4O6. The second-order valence-corrected chi connectivity index (χ2v) is 8.00. The summed E-state index contributed by atoms with van der Waals surface area (Å²) in [4.78, 5) is 27.8. The van der Waals surface area contributed by atoms with Crippen LogP contribution in [-0.4, -0.2) is 33.4 Å². The second-order valence-electron chi connectivity index (χ2n) is 8.00. The molecule has 2 N–H and O–H groups in total. The van der Waals surface area contributed by atoms with Crippen LogP contribution < -0.4 is 10.1 Å². The van der Waals surface area contributed by atoms with Gasteiger partial charge in [-0.1, -0.05) is 42.4 Å². The molecule has 1 aliphatic carbocycles. The molecule has 4 atom stereocenters.